The first-order chi connectivity index (χ1) is 14.9. The van der Waals surface area contributed by atoms with Gasteiger partial charge in [0.15, 0.2) is 0 Å². The maximum Gasteiger partial charge on any atom is 0.227 e. The number of nitrogens with one attached hydrogen (secondary N) is 1. The van der Waals surface area contributed by atoms with Crippen molar-refractivity contribution in [1.82, 2.24) is 15.1 Å². The third-order valence-corrected chi connectivity index (χ3v) is 7.06. The molecule has 0 aromatic heterocycles. The summed E-state index contributed by atoms with van der Waals surface area (Å²) in [5.74, 6) is 1.23. The predicted octanol–water partition coefficient (Wildman–Crippen LogP) is 3.71. The number of hydrogen-bond acceptors (Lipinski definition) is 4. The molecule has 5 heteroatoms. The van der Waals surface area contributed by atoms with Gasteiger partial charge in [-0.25, -0.2) is 0 Å². The van der Waals surface area contributed by atoms with Crippen molar-refractivity contribution in [3.8, 4) is 5.75 Å². The second kappa shape index (κ2) is 10.3. The third-order valence-electron chi connectivity index (χ3n) is 7.06. The van der Waals surface area contributed by atoms with Gasteiger partial charge in [0.25, 0.3) is 0 Å². The molecular formula is C26H37N3O2. The number of piperidine rings is 1. The minimum atomic E-state index is -0.0692. The molecule has 3 rings (SSSR count). The Labute approximate surface area is 187 Å². The van der Waals surface area contributed by atoms with Crippen LogP contribution in [0.3, 0.4) is 0 Å². The molecule has 0 saturated carbocycles. The molecule has 0 spiro atoms. The van der Waals surface area contributed by atoms with Gasteiger partial charge in [0.1, 0.15) is 5.75 Å². The predicted molar refractivity (Wildman–Crippen MR) is 126 cm³/mol. The number of ether oxygens (including phenoxy) is 1. The van der Waals surface area contributed by atoms with E-state index in [1.54, 1.807) is 7.11 Å². The molecule has 1 fully saturated rings. The van der Waals surface area contributed by atoms with E-state index in [-0.39, 0.29) is 23.3 Å². The Morgan fingerprint density at radius 1 is 1.10 bits per heavy atom. The summed E-state index contributed by atoms with van der Waals surface area (Å²) in [4.78, 5) is 17.9. The highest BCUT2D eigenvalue weighted by molar-refractivity contribution is 5.80. The number of rotatable bonds is 8. The smallest absolute Gasteiger partial charge is 0.227 e. The molecule has 0 aliphatic carbocycles. The van der Waals surface area contributed by atoms with E-state index in [0.717, 1.165) is 31.7 Å². The molecule has 1 aliphatic rings. The lowest BCUT2D eigenvalue weighted by atomic mass is 9.79. The van der Waals surface area contributed by atoms with Crippen molar-refractivity contribution in [2.45, 2.75) is 31.2 Å². The first kappa shape index (κ1) is 23.3. The van der Waals surface area contributed by atoms with Crippen molar-refractivity contribution in [1.29, 1.82) is 0 Å². The SMILES string of the molecule is CNC[C@@H](C(=O)N1CCC(c2ccc(OC)cc2)(N(C)C)CC1)[C@@H](C)c1ccccc1. The zero-order valence-electron chi connectivity index (χ0n) is 19.6. The number of benzene rings is 2. The Hall–Kier alpha value is -2.37. The van der Waals surface area contributed by atoms with Crippen LogP contribution in [-0.2, 0) is 10.3 Å². The van der Waals surface area contributed by atoms with Crippen molar-refractivity contribution in [3.63, 3.8) is 0 Å². The minimum Gasteiger partial charge on any atom is -0.497 e. The standard InChI is InChI=1S/C26H37N3O2/c1-20(21-9-7-6-8-10-21)24(19-27-2)25(30)29-17-15-26(16-18-29,28(3)4)22-11-13-23(31-5)14-12-22/h6-14,20,24,27H,15-19H2,1-5H3/t20-,24+/m0/s1. The maximum atomic E-state index is 13.6. The Bertz CT molecular complexity index is 827. The summed E-state index contributed by atoms with van der Waals surface area (Å²) in [6.07, 6.45) is 1.84. The molecule has 2 aromatic rings. The van der Waals surface area contributed by atoms with Gasteiger partial charge in [-0.05, 0) is 63.2 Å². The fourth-order valence-electron chi connectivity index (χ4n) is 4.91. The van der Waals surface area contributed by atoms with Crippen molar-refractivity contribution in [2.24, 2.45) is 5.92 Å². The number of likely N-dealkylation sites (tertiary alicyclic amines) is 1. The van der Waals surface area contributed by atoms with Gasteiger partial charge in [-0.15, -0.1) is 0 Å². The van der Waals surface area contributed by atoms with Crippen LogP contribution >= 0.6 is 0 Å². The number of nitrogens with zero attached hydrogens (tertiary/aromatic N) is 2. The van der Waals surface area contributed by atoms with Gasteiger partial charge in [0.2, 0.25) is 5.91 Å². The number of amides is 1. The second-order valence-corrected chi connectivity index (χ2v) is 8.84. The highest BCUT2D eigenvalue weighted by Crippen LogP contribution is 2.39. The number of carbonyl (C=O) groups is 1. The molecule has 1 amide bonds. The minimum absolute atomic E-state index is 0.0629. The molecule has 168 valence electrons. The first-order valence-corrected chi connectivity index (χ1v) is 11.2. The average molecular weight is 424 g/mol. The van der Waals surface area contributed by atoms with E-state index < -0.39 is 0 Å². The lowest BCUT2D eigenvalue weighted by Crippen LogP contribution is -2.53. The Kier molecular flexibility index (Phi) is 7.74. The first-order valence-electron chi connectivity index (χ1n) is 11.2. The van der Waals surface area contributed by atoms with Crippen LogP contribution in [0.15, 0.2) is 54.6 Å². The van der Waals surface area contributed by atoms with Gasteiger partial charge < -0.3 is 15.0 Å². The van der Waals surface area contributed by atoms with Gasteiger partial charge in [-0.2, -0.15) is 0 Å². The highest BCUT2D eigenvalue weighted by Gasteiger charge is 2.41. The van der Waals surface area contributed by atoms with E-state index in [2.05, 4.69) is 60.4 Å². The molecule has 5 nitrogen and oxygen atoms in total. The van der Waals surface area contributed by atoms with E-state index >= 15 is 0 Å². The molecule has 1 saturated heterocycles. The van der Waals surface area contributed by atoms with Crippen molar-refractivity contribution in [3.05, 3.63) is 65.7 Å². The molecule has 0 bridgehead atoms. The fourth-order valence-corrected chi connectivity index (χ4v) is 4.91. The number of hydrogen-bond donors (Lipinski definition) is 1. The van der Waals surface area contributed by atoms with Crippen molar-refractivity contribution < 1.29 is 9.53 Å². The van der Waals surface area contributed by atoms with E-state index in [0.29, 0.717) is 6.54 Å². The molecule has 0 unspecified atom stereocenters. The van der Waals surface area contributed by atoms with Crippen LogP contribution in [0, 0.1) is 5.92 Å². The summed E-state index contributed by atoms with van der Waals surface area (Å²) in [5, 5.41) is 3.24. The van der Waals surface area contributed by atoms with E-state index in [4.69, 9.17) is 4.74 Å². The number of carbonyl (C=O) groups excluding carboxylic acids is 1. The van der Waals surface area contributed by atoms with Crippen LogP contribution in [0.25, 0.3) is 0 Å². The van der Waals surface area contributed by atoms with Crippen LogP contribution in [0.5, 0.6) is 5.75 Å². The zero-order valence-corrected chi connectivity index (χ0v) is 19.6. The maximum absolute atomic E-state index is 13.6. The van der Waals surface area contributed by atoms with Crippen LogP contribution in [0.4, 0.5) is 0 Å². The third kappa shape index (κ3) is 4.94. The molecule has 0 radical (unpaired) electrons. The summed E-state index contributed by atoms with van der Waals surface area (Å²) in [7, 11) is 7.90. The van der Waals surface area contributed by atoms with E-state index in [1.165, 1.54) is 11.1 Å². The van der Waals surface area contributed by atoms with Gasteiger partial charge in [0, 0.05) is 25.2 Å². The van der Waals surface area contributed by atoms with E-state index in [1.807, 2.05) is 37.4 Å². The molecule has 31 heavy (non-hydrogen) atoms. The molecule has 1 N–H and O–H groups in total. The molecule has 1 aliphatic heterocycles. The van der Waals surface area contributed by atoms with E-state index in [9.17, 15) is 4.79 Å². The topological polar surface area (TPSA) is 44.8 Å². The summed E-state index contributed by atoms with van der Waals surface area (Å²) < 4.78 is 5.33. The van der Waals surface area contributed by atoms with Gasteiger partial charge in [0.05, 0.1) is 13.0 Å². The van der Waals surface area contributed by atoms with Crippen molar-refractivity contribution >= 4 is 5.91 Å². The summed E-state index contributed by atoms with van der Waals surface area (Å²) in [6, 6.07) is 18.8. The average Bonchev–Trinajstić information content (AvgIpc) is 2.82. The Morgan fingerprint density at radius 3 is 2.23 bits per heavy atom. The molecule has 1 heterocycles. The normalized spacial score (nSPS) is 17.9. The van der Waals surface area contributed by atoms with Crippen LogP contribution in [0.1, 0.15) is 36.8 Å². The van der Waals surface area contributed by atoms with Crippen molar-refractivity contribution in [2.75, 3.05) is 47.9 Å². The summed E-state index contributed by atoms with van der Waals surface area (Å²) in [6.45, 7) is 4.39. The molecular weight excluding hydrogens is 386 g/mol. The number of methoxy groups -OCH3 is 1. The van der Waals surface area contributed by atoms with Gasteiger partial charge >= 0.3 is 0 Å². The lowest BCUT2D eigenvalue weighted by Gasteiger charge is -2.47. The Balaban J connectivity index is 1.75. The summed E-state index contributed by atoms with van der Waals surface area (Å²) in [5.41, 5.74) is 2.44. The van der Waals surface area contributed by atoms with Crippen LogP contribution in [0.2, 0.25) is 0 Å². The van der Waals surface area contributed by atoms with Crippen LogP contribution in [-0.4, -0.2) is 63.6 Å². The lowest BCUT2D eigenvalue weighted by molar-refractivity contribution is -0.138. The largest absolute Gasteiger partial charge is 0.497 e. The summed E-state index contributed by atoms with van der Waals surface area (Å²) >= 11 is 0. The highest BCUT2D eigenvalue weighted by atomic mass is 16.5. The molecule has 2 aromatic carbocycles. The Morgan fingerprint density at radius 2 is 1.71 bits per heavy atom. The van der Waals surface area contributed by atoms with Gasteiger partial charge in [-0.3, -0.25) is 9.69 Å². The van der Waals surface area contributed by atoms with Gasteiger partial charge in [-0.1, -0.05) is 49.4 Å². The monoisotopic (exact) mass is 423 g/mol. The van der Waals surface area contributed by atoms with Crippen LogP contribution < -0.4 is 10.1 Å². The zero-order chi connectivity index (χ0) is 22.4. The fraction of sp³-hybridized carbons (Fsp3) is 0.500. The molecule has 2 atom stereocenters. The quantitative estimate of drug-likeness (QED) is 0.703. The second-order valence-electron chi connectivity index (χ2n) is 8.84.